The third-order valence-corrected chi connectivity index (χ3v) is 8.24. The van der Waals surface area contributed by atoms with E-state index in [9.17, 15) is 4.79 Å². The van der Waals surface area contributed by atoms with Gasteiger partial charge in [0.1, 0.15) is 5.75 Å². The highest BCUT2D eigenvalue weighted by Gasteiger charge is 2.10. The number of carbonyl (C=O) groups is 1. The van der Waals surface area contributed by atoms with E-state index in [1.54, 1.807) is 11.3 Å². The van der Waals surface area contributed by atoms with Gasteiger partial charge in [0.25, 0.3) is 0 Å². The number of hydrogen-bond acceptors (Lipinski definition) is 3. The minimum Gasteiger partial charge on any atom is -1.00 e. The van der Waals surface area contributed by atoms with Gasteiger partial charge in [0, 0.05) is 18.2 Å². The Labute approximate surface area is 261 Å². The molecule has 0 bridgehead atoms. The van der Waals surface area contributed by atoms with Crippen molar-refractivity contribution in [3.63, 3.8) is 0 Å². The Kier molecular flexibility index (Phi) is 17.2. The van der Waals surface area contributed by atoms with Crippen LogP contribution in [0.15, 0.2) is 54.0 Å². The first-order valence-electron chi connectivity index (χ1n) is 14.8. The molecule has 0 spiro atoms. The van der Waals surface area contributed by atoms with Gasteiger partial charge in [-0.2, -0.15) is 4.57 Å². The number of halogens is 2. The molecule has 0 atom stereocenters. The van der Waals surface area contributed by atoms with Crippen molar-refractivity contribution in [2.75, 3.05) is 11.9 Å². The van der Waals surface area contributed by atoms with Gasteiger partial charge in [0.15, 0.2) is 12.7 Å². The van der Waals surface area contributed by atoms with Gasteiger partial charge in [0.05, 0.1) is 23.4 Å². The van der Waals surface area contributed by atoms with Gasteiger partial charge in [-0.3, -0.25) is 4.79 Å². The summed E-state index contributed by atoms with van der Waals surface area (Å²) in [5, 5.41) is 6.96. The molecule has 1 aromatic heterocycles. The molecule has 4 nitrogen and oxygen atoms in total. The van der Waals surface area contributed by atoms with E-state index >= 15 is 0 Å². The van der Waals surface area contributed by atoms with Crippen LogP contribution in [-0.4, -0.2) is 12.5 Å². The zero-order valence-corrected chi connectivity index (χ0v) is 27.4. The highest BCUT2D eigenvalue weighted by molar-refractivity contribution is 7.09. The van der Waals surface area contributed by atoms with Crippen molar-refractivity contribution in [3.8, 4) is 5.75 Å². The number of aryl methyl sites for hydroxylation is 1. The van der Waals surface area contributed by atoms with Gasteiger partial charge in [-0.1, -0.05) is 119 Å². The number of unbranched alkanes of at least 4 members (excludes halogenated alkanes) is 11. The first-order chi connectivity index (χ1) is 19.0. The van der Waals surface area contributed by atoms with Crippen LogP contribution >= 0.6 is 22.9 Å². The summed E-state index contributed by atoms with van der Waals surface area (Å²) in [6, 6.07) is 13.6. The normalized spacial score (nSPS) is 10.8. The van der Waals surface area contributed by atoms with Crippen molar-refractivity contribution in [1.29, 1.82) is 0 Å². The summed E-state index contributed by atoms with van der Waals surface area (Å²) in [7, 11) is 0. The van der Waals surface area contributed by atoms with E-state index in [4.69, 9.17) is 16.3 Å². The summed E-state index contributed by atoms with van der Waals surface area (Å²) in [4.78, 5) is 12.7. The molecule has 1 amide bonds. The number of rotatable bonds is 19. The molecular formula is C33H46BrClN2O2S. The van der Waals surface area contributed by atoms with Gasteiger partial charge in [-0.05, 0) is 36.2 Å². The Morgan fingerprint density at radius 2 is 1.48 bits per heavy atom. The van der Waals surface area contributed by atoms with E-state index in [-0.39, 0.29) is 29.3 Å². The van der Waals surface area contributed by atoms with Crippen LogP contribution in [0.2, 0.25) is 5.02 Å². The molecule has 0 radical (unpaired) electrons. The lowest BCUT2D eigenvalue weighted by Crippen LogP contribution is -3.00. The van der Waals surface area contributed by atoms with Gasteiger partial charge >= 0.3 is 0 Å². The minimum absolute atomic E-state index is 0. The first kappa shape index (κ1) is 34.3. The Hall–Kier alpha value is -1.89. The maximum absolute atomic E-state index is 12.7. The summed E-state index contributed by atoms with van der Waals surface area (Å²) in [5.41, 5.74) is 2.89. The molecule has 0 aliphatic rings. The number of amides is 1. The second kappa shape index (κ2) is 20.1. The van der Waals surface area contributed by atoms with Crippen LogP contribution < -0.4 is 31.6 Å². The molecule has 0 fully saturated rings. The second-order valence-corrected chi connectivity index (χ2v) is 12.0. The van der Waals surface area contributed by atoms with E-state index < -0.39 is 0 Å². The van der Waals surface area contributed by atoms with Crippen LogP contribution in [0, 0.1) is 6.92 Å². The van der Waals surface area contributed by atoms with Crippen LogP contribution in [0.3, 0.4) is 0 Å². The summed E-state index contributed by atoms with van der Waals surface area (Å²) in [5.74, 6) is 0.607. The largest absolute Gasteiger partial charge is 1.00 e. The van der Waals surface area contributed by atoms with Crippen molar-refractivity contribution < 1.29 is 31.1 Å². The van der Waals surface area contributed by atoms with Gasteiger partial charge < -0.3 is 27.0 Å². The molecule has 0 aliphatic carbocycles. The number of nitrogens with zero attached hydrogens (tertiary/aromatic N) is 1. The third-order valence-electron chi connectivity index (χ3n) is 7.09. The van der Waals surface area contributed by atoms with E-state index in [0.717, 1.165) is 24.2 Å². The fourth-order valence-corrected chi connectivity index (χ4v) is 5.55. The third kappa shape index (κ3) is 13.2. The summed E-state index contributed by atoms with van der Waals surface area (Å²) in [6.45, 7) is 5.87. The molecule has 0 unspecified atom stereocenters. The molecule has 40 heavy (non-hydrogen) atoms. The zero-order valence-electron chi connectivity index (χ0n) is 24.2. The van der Waals surface area contributed by atoms with Gasteiger partial charge in [-0.25, -0.2) is 0 Å². The number of nitrogens with one attached hydrogen (secondary N) is 1. The van der Waals surface area contributed by atoms with Crippen molar-refractivity contribution in [2.45, 2.75) is 104 Å². The number of carbonyl (C=O) groups excluding carboxylic acids is 1. The quantitative estimate of drug-likeness (QED) is 0.122. The minimum atomic E-state index is -0.0555. The number of hydrogen-bond donors (Lipinski definition) is 1. The molecule has 220 valence electrons. The molecule has 1 N–H and O–H groups in total. The maximum atomic E-state index is 12.7. The summed E-state index contributed by atoms with van der Waals surface area (Å²) >= 11 is 8.10. The number of aromatic nitrogens is 1. The standard InChI is InChI=1S/C33H45ClN2O2S.BrH/c1-3-4-5-6-7-8-9-10-11-12-13-14-22-38-32-24-29(17-20-31(32)34)25-33(37)35-30-18-15-28(16-19-30)26-36-21-23-39-27(36)2;/h15-21,23-24H,3-14,22,25-26H2,1-2H3;1H. The van der Waals surface area contributed by atoms with Gasteiger partial charge in [-0.15, -0.1) is 0 Å². The lowest BCUT2D eigenvalue weighted by atomic mass is 10.1. The van der Waals surface area contributed by atoms with Gasteiger partial charge in [0.2, 0.25) is 10.9 Å². The Morgan fingerprint density at radius 1 is 0.875 bits per heavy atom. The summed E-state index contributed by atoms with van der Waals surface area (Å²) < 4.78 is 8.19. The Morgan fingerprint density at radius 3 is 2.08 bits per heavy atom. The smallest absolute Gasteiger partial charge is 0.234 e. The molecule has 1 heterocycles. The van der Waals surface area contributed by atoms with Crippen LogP contribution in [-0.2, 0) is 17.8 Å². The fraction of sp³-hybridized carbons (Fsp3) is 0.515. The molecule has 0 aliphatic heterocycles. The molecule has 0 saturated heterocycles. The topological polar surface area (TPSA) is 42.2 Å². The monoisotopic (exact) mass is 648 g/mol. The van der Waals surface area contributed by atoms with Crippen LogP contribution in [0.4, 0.5) is 5.69 Å². The van der Waals surface area contributed by atoms with E-state index in [1.807, 2.05) is 30.3 Å². The van der Waals surface area contributed by atoms with E-state index in [2.05, 4.69) is 47.4 Å². The van der Waals surface area contributed by atoms with E-state index in [1.165, 1.54) is 81.2 Å². The molecule has 7 heteroatoms. The molecular weight excluding hydrogens is 604 g/mol. The summed E-state index contributed by atoms with van der Waals surface area (Å²) in [6.07, 6.45) is 18.2. The highest BCUT2D eigenvalue weighted by atomic mass is 79.9. The Bertz CT molecular complexity index is 1120. The Balaban J connectivity index is 0.00000560. The van der Waals surface area contributed by atoms with Crippen molar-refractivity contribution in [3.05, 3.63) is 75.2 Å². The fourth-order valence-electron chi connectivity index (χ4n) is 4.71. The lowest BCUT2D eigenvalue weighted by molar-refractivity contribution is -0.689. The molecule has 3 rings (SSSR count). The molecule has 0 saturated carbocycles. The lowest BCUT2D eigenvalue weighted by Gasteiger charge is -2.11. The van der Waals surface area contributed by atoms with Crippen LogP contribution in [0.5, 0.6) is 5.75 Å². The van der Waals surface area contributed by atoms with Crippen molar-refractivity contribution >= 4 is 34.5 Å². The number of benzene rings is 2. The van der Waals surface area contributed by atoms with E-state index in [0.29, 0.717) is 17.4 Å². The number of ether oxygens (including phenoxy) is 1. The maximum Gasteiger partial charge on any atom is 0.234 e. The average molecular weight is 650 g/mol. The average Bonchev–Trinajstić information content (AvgIpc) is 3.33. The highest BCUT2D eigenvalue weighted by Crippen LogP contribution is 2.26. The van der Waals surface area contributed by atoms with Crippen molar-refractivity contribution in [2.24, 2.45) is 0 Å². The van der Waals surface area contributed by atoms with Crippen molar-refractivity contribution in [1.82, 2.24) is 0 Å². The van der Waals surface area contributed by atoms with Crippen LogP contribution in [0.1, 0.15) is 100 Å². The van der Waals surface area contributed by atoms with Crippen LogP contribution in [0.25, 0.3) is 0 Å². The predicted octanol–water partition coefficient (Wildman–Crippen LogP) is 6.31. The molecule has 3 aromatic rings. The number of thiazole rings is 1. The number of anilines is 1. The SMILES string of the molecule is CCCCCCCCCCCCCCOc1cc(CC(=O)Nc2ccc(C[n+]3ccsc3C)cc2)ccc1Cl.[Br-]. The zero-order chi connectivity index (χ0) is 27.7. The first-order valence-corrected chi connectivity index (χ1v) is 16.0. The second-order valence-electron chi connectivity index (χ2n) is 10.5. The molecule has 2 aromatic carbocycles. The predicted molar refractivity (Wildman–Crippen MR) is 165 cm³/mol.